The van der Waals surface area contributed by atoms with Crippen LogP contribution in [0.3, 0.4) is 0 Å². The number of carbonyl (C=O) groups is 7. The van der Waals surface area contributed by atoms with Gasteiger partial charge in [-0.2, -0.15) is 0 Å². The number of anilines is 1. The summed E-state index contributed by atoms with van der Waals surface area (Å²) >= 11 is 0. The van der Waals surface area contributed by atoms with Gasteiger partial charge < -0.3 is 36.2 Å². The normalized spacial score (nSPS) is 11.8. The number of rotatable bonds is 20. The van der Waals surface area contributed by atoms with Crippen LogP contribution in [0.25, 0.3) is 0 Å². The van der Waals surface area contributed by atoms with Gasteiger partial charge in [0.15, 0.2) is 0 Å². The van der Waals surface area contributed by atoms with E-state index in [-0.39, 0.29) is 19.6 Å². The average molecular weight is 573 g/mol. The highest BCUT2D eigenvalue weighted by Gasteiger charge is 2.29. The Morgan fingerprint density at radius 2 is 1.47 bits per heavy atom. The third-order valence-corrected chi connectivity index (χ3v) is 6.88. The van der Waals surface area contributed by atoms with E-state index >= 15 is 0 Å². The van der Waals surface area contributed by atoms with E-state index in [4.69, 9.17) is 5.11 Å². The molecule has 0 aliphatic heterocycles. The first-order valence-electron chi connectivity index (χ1n) is 11.1. The quantitative estimate of drug-likeness (QED) is 0.0655. The fourth-order valence-electron chi connectivity index (χ4n) is 2.84. The summed E-state index contributed by atoms with van der Waals surface area (Å²) < 4.78 is 4.54. The first-order valence-corrected chi connectivity index (χ1v) is 13.5. The van der Waals surface area contributed by atoms with Crippen LogP contribution in [0.2, 0.25) is 0 Å². The lowest BCUT2D eigenvalue weighted by atomic mass is 10.1. The van der Waals surface area contributed by atoms with E-state index < -0.39 is 54.6 Å². The molecular formula is C22H28N4O10S2. The van der Waals surface area contributed by atoms with Crippen LogP contribution in [-0.4, -0.2) is 89.5 Å². The summed E-state index contributed by atoms with van der Waals surface area (Å²) in [7, 11) is 2.78. The number of hydrogen-bond acceptors (Lipinski definition) is 10. The average Bonchev–Trinajstić information content (AvgIpc) is 2.85. The molecule has 38 heavy (non-hydrogen) atoms. The molecular weight excluding hydrogens is 544 g/mol. The van der Waals surface area contributed by atoms with Crippen molar-refractivity contribution in [3.8, 4) is 0 Å². The number of nitrogens with one attached hydrogen (secondary N) is 4. The topological polar surface area (TPSA) is 217 Å². The number of benzene rings is 1. The van der Waals surface area contributed by atoms with Crippen LogP contribution >= 0.6 is 21.6 Å². The minimum atomic E-state index is -1.57. The molecule has 0 aromatic heterocycles. The second-order valence-electron chi connectivity index (χ2n) is 7.41. The van der Waals surface area contributed by atoms with Crippen molar-refractivity contribution >= 4 is 69.8 Å². The highest BCUT2D eigenvalue weighted by Crippen LogP contribution is 2.19. The zero-order chi connectivity index (χ0) is 28.3. The van der Waals surface area contributed by atoms with Crippen molar-refractivity contribution in [2.75, 3.05) is 30.0 Å². The van der Waals surface area contributed by atoms with Crippen molar-refractivity contribution < 1.29 is 48.5 Å². The maximum atomic E-state index is 12.7. The maximum Gasteiger partial charge on any atom is 0.305 e. The Morgan fingerprint density at radius 3 is 2.05 bits per heavy atom. The van der Waals surface area contributed by atoms with E-state index in [1.807, 2.05) is 0 Å². The summed E-state index contributed by atoms with van der Waals surface area (Å²) in [6.07, 6.45) is -1.29. The Balaban J connectivity index is 2.70. The molecule has 4 amide bonds. The number of aliphatic carboxylic acids is 2. The number of carboxylic acids is 2. The molecule has 2 atom stereocenters. The van der Waals surface area contributed by atoms with Gasteiger partial charge in [-0.25, -0.2) is 0 Å². The summed E-state index contributed by atoms with van der Waals surface area (Å²) in [5, 5.41) is 27.7. The van der Waals surface area contributed by atoms with Crippen molar-refractivity contribution in [1.29, 1.82) is 0 Å². The van der Waals surface area contributed by atoms with Crippen LogP contribution in [0.1, 0.15) is 18.4 Å². The lowest BCUT2D eigenvalue weighted by Gasteiger charge is -2.21. The molecule has 1 aromatic carbocycles. The van der Waals surface area contributed by atoms with Gasteiger partial charge in [-0.1, -0.05) is 33.7 Å². The van der Waals surface area contributed by atoms with E-state index in [0.717, 1.165) is 0 Å². The van der Waals surface area contributed by atoms with Crippen molar-refractivity contribution in [1.82, 2.24) is 16.0 Å². The smallest absolute Gasteiger partial charge is 0.305 e. The summed E-state index contributed by atoms with van der Waals surface area (Å²) in [6, 6.07) is 3.13. The van der Waals surface area contributed by atoms with Gasteiger partial charge in [-0.3, -0.25) is 33.6 Å². The van der Waals surface area contributed by atoms with Crippen LogP contribution in [0.5, 0.6) is 0 Å². The van der Waals surface area contributed by atoms with Crippen LogP contribution < -0.4 is 21.3 Å². The van der Waals surface area contributed by atoms with Crippen molar-refractivity contribution in [2.45, 2.75) is 31.3 Å². The van der Waals surface area contributed by atoms with Gasteiger partial charge in [0, 0.05) is 23.7 Å². The molecule has 16 heteroatoms. The molecule has 14 nitrogen and oxygen atoms in total. The van der Waals surface area contributed by atoms with E-state index in [2.05, 4.69) is 26.0 Å². The predicted molar refractivity (Wildman–Crippen MR) is 138 cm³/mol. The van der Waals surface area contributed by atoms with Gasteiger partial charge in [0.05, 0.1) is 19.3 Å². The van der Waals surface area contributed by atoms with Gasteiger partial charge in [-0.05, 0) is 17.7 Å². The van der Waals surface area contributed by atoms with E-state index in [1.54, 1.807) is 24.3 Å². The fraction of sp³-hybridized carbons (Fsp3) is 0.409. The predicted octanol–water partition coefficient (Wildman–Crippen LogP) is -0.613. The van der Waals surface area contributed by atoms with Gasteiger partial charge in [-0.15, -0.1) is 0 Å². The minimum absolute atomic E-state index is 0.146. The highest BCUT2D eigenvalue weighted by atomic mass is 33.1. The number of ether oxygens (including phenoxy) is 1. The third-order valence-electron chi connectivity index (χ3n) is 4.51. The Morgan fingerprint density at radius 1 is 0.868 bits per heavy atom. The molecule has 208 valence electrons. The first-order chi connectivity index (χ1) is 18.2. The molecule has 0 heterocycles. The fourth-order valence-corrected chi connectivity index (χ4v) is 4.59. The summed E-state index contributed by atoms with van der Waals surface area (Å²) in [5.41, 5.74) is 1.01. The highest BCUT2D eigenvalue weighted by molar-refractivity contribution is 8.76. The molecule has 0 fully saturated rings. The second kappa shape index (κ2) is 18.5. The van der Waals surface area contributed by atoms with Crippen molar-refractivity contribution in [2.24, 2.45) is 0 Å². The molecule has 0 radical (unpaired) electrons. The number of carboxylic acid groups (broad SMARTS) is 2. The van der Waals surface area contributed by atoms with Gasteiger partial charge in [0.25, 0.3) is 6.47 Å². The molecule has 1 aromatic rings. The minimum Gasteiger partial charge on any atom is -0.481 e. The molecule has 0 saturated heterocycles. The first kappa shape index (κ1) is 32.2. The standard InChI is InChI=1S/C22H28N4O10S2/c27-12-24-15-3-1-14(2-4-15)9-18(29)25-17(11-20(32)33)22(35)26-16(10-19(30)31)21(34)23-5-7-37-38-8-6-36-13-28/h1-4,12-13,16-17H,5-11H2,(H,23,34)(H,24,27)(H,25,29)(H,26,35)(H,30,31)(H,32,33)/t16-,17?/m0/s1. The molecule has 0 aliphatic rings. The number of hydrogen-bond donors (Lipinski definition) is 6. The largest absolute Gasteiger partial charge is 0.481 e. The number of amides is 4. The third kappa shape index (κ3) is 14.1. The van der Waals surface area contributed by atoms with Crippen molar-refractivity contribution in [3.63, 3.8) is 0 Å². The summed E-state index contributed by atoms with van der Waals surface area (Å²) in [4.78, 5) is 80.7. The Bertz CT molecular complexity index is 977. The number of carbonyl (C=O) groups excluding carboxylic acids is 5. The van der Waals surface area contributed by atoms with E-state index in [9.17, 15) is 38.7 Å². The zero-order valence-corrected chi connectivity index (χ0v) is 21.7. The molecule has 1 unspecified atom stereocenters. The van der Waals surface area contributed by atoms with Crippen LogP contribution in [0.15, 0.2) is 24.3 Å². The second-order valence-corrected chi connectivity index (χ2v) is 10.1. The SMILES string of the molecule is O=CNc1ccc(CC(=O)NC(CC(=O)O)C(=O)N[C@@H](CC(=O)O)C(=O)NCCSSCCOC=O)cc1. The summed E-state index contributed by atoms with van der Waals surface area (Å²) in [6.45, 7) is 0.718. The maximum absolute atomic E-state index is 12.7. The lowest BCUT2D eigenvalue weighted by Crippen LogP contribution is -2.55. The molecule has 0 bridgehead atoms. The van der Waals surface area contributed by atoms with E-state index in [1.165, 1.54) is 21.6 Å². The molecule has 1 rings (SSSR count). The zero-order valence-electron chi connectivity index (χ0n) is 20.0. The van der Waals surface area contributed by atoms with Crippen LogP contribution in [-0.2, 0) is 44.7 Å². The van der Waals surface area contributed by atoms with Crippen molar-refractivity contribution in [3.05, 3.63) is 29.8 Å². The van der Waals surface area contributed by atoms with Crippen LogP contribution in [0, 0.1) is 0 Å². The lowest BCUT2D eigenvalue weighted by molar-refractivity contribution is -0.143. The van der Waals surface area contributed by atoms with Gasteiger partial charge in [0.2, 0.25) is 24.1 Å². The Kier molecular flexibility index (Phi) is 15.7. The molecule has 0 saturated carbocycles. The molecule has 0 spiro atoms. The molecule has 0 aliphatic carbocycles. The monoisotopic (exact) mass is 572 g/mol. The van der Waals surface area contributed by atoms with Gasteiger partial charge >= 0.3 is 11.9 Å². The van der Waals surface area contributed by atoms with Crippen LogP contribution in [0.4, 0.5) is 5.69 Å². The summed E-state index contributed by atoms with van der Waals surface area (Å²) in [5.74, 6) is -4.31. The Labute approximate surface area is 225 Å². The van der Waals surface area contributed by atoms with Gasteiger partial charge in [0.1, 0.15) is 18.7 Å². The van der Waals surface area contributed by atoms with E-state index in [0.29, 0.717) is 35.6 Å². The molecule has 6 N–H and O–H groups in total. The Hall–Kier alpha value is -3.79.